The van der Waals surface area contributed by atoms with E-state index in [0.29, 0.717) is 18.9 Å². The van der Waals surface area contributed by atoms with Gasteiger partial charge in [0.15, 0.2) is 0 Å². The third kappa shape index (κ3) is 4.44. The Hall–Kier alpha value is -1.59. The van der Waals surface area contributed by atoms with Crippen LogP contribution < -0.4 is 5.32 Å². The summed E-state index contributed by atoms with van der Waals surface area (Å²) < 4.78 is 0. The van der Waals surface area contributed by atoms with E-state index in [1.165, 1.54) is 0 Å². The highest BCUT2D eigenvalue weighted by Crippen LogP contribution is 2.32. The lowest BCUT2D eigenvalue weighted by Crippen LogP contribution is -2.44. The van der Waals surface area contributed by atoms with Gasteiger partial charge in [-0.3, -0.25) is 9.59 Å². The number of rotatable bonds is 7. The second-order valence-electron chi connectivity index (χ2n) is 6.67. The third-order valence-electron chi connectivity index (χ3n) is 4.08. The maximum atomic E-state index is 12.2. The number of carboxylic acid groups (broad SMARTS) is 1. The Labute approximate surface area is 124 Å². The van der Waals surface area contributed by atoms with E-state index < -0.39 is 17.9 Å². The fourth-order valence-electron chi connectivity index (χ4n) is 2.72. The third-order valence-corrected chi connectivity index (χ3v) is 4.08. The van der Waals surface area contributed by atoms with Crippen molar-refractivity contribution in [3.05, 3.63) is 0 Å². The monoisotopic (exact) mass is 296 g/mol. The molecule has 0 aromatic rings. The minimum absolute atomic E-state index is 0.0118. The summed E-state index contributed by atoms with van der Waals surface area (Å²) in [6.07, 6.45) is 2.92. The van der Waals surface area contributed by atoms with Crippen molar-refractivity contribution in [3.63, 3.8) is 0 Å². The van der Waals surface area contributed by atoms with Crippen LogP contribution >= 0.6 is 0 Å². The Morgan fingerprint density at radius 3 is 2.57 bits per heavy atom. The van der Waals surface area contributed by atoms with E-state index in [4.69, 9.17) is 5.11 Å². The van der Waals surface area contributed by atoms with Gasteiger partial charge in [-0.2, -0.15) is 0 Å². The fourth-order valence-corrected chi connectivity index (χ4v) is 2.72. The molecule has 0 aromatic carbocycles. The SMILES string of the molecule is CC(C)CC(NC(=O)C1CC(=O)N(CC2CC2)C1)C(=O)O. The lowest BCUT2D eigenvalue weighted by Gasteiger charge is -2.19. The van der Waals surface area contributed by atoms with Gasteiger partial charge in [0.25, 0.3) is 0 Å². The standard InChI is InChI=1S/C15H24N2O4/c1-9(2)5-12(15(20)21)16-14(19)11-6-13(18)17(8-11)7-10-3-4-10/h9-12H,3-8H2,1-2H3,(H,16,19)(H,20,21). The summed E-state index contributed by atoms with van der Waals surface area (Å²) in [6.45, 7) is 5.00. The maximum absolute atomic E-state index is 12.2. The Morgan fingerprint density at radius 1 is 1.38 bits per heavy atom. The van der Waals surface area contributed by atoms with E-state index in [0.717, 1.165) is 19.4 Å². The summed E-state index contributed by atoms with van der Waals surface area (Å²) in [5, 5.41) is 11.7. The molecule has 0 bridgehead atoms. The minimum atomic E-state index is -1.02. The smallest absolute Gasteiger partial charge is 0.326 e. The van der Waals surface area contributed by atoms with Gasteiger partial charge < -0.3 is 15.3 Å². The molecule has 6 heteroatoms. The van der Waals surface area contributed by atoms with Crippen LogP contribution in [0.25, 0.3) is 0 Å². The van der Waals surface area contributed by atoms with Crippen LogP contribution in [-0.2, 0) is 14.4 Å². The number of amides is 2. The molecule has 1 saturated carbocycles. The number of aliphatic carboxylic acids is 1. The van der Waals surface area contributed by atoms with Crippen molar-refractivity contribution in [1.82, 2.24) is 10.2 Å². The van der Waals surface area contributed by atoms with Crippen LogP contribution in [0.4, 0.5) is 0 Å². The predicted octanol–water partition coefficient (Wildman–Crippen LogP) is 0.860. The summed E-state index contributed by atoms with van der Waals surface area (Å²) in [4.78, 5) is 37.0. The van der Waals surface area contributed by atoms with Gasteiger partial charge in [0.2, 0.25) is 11.8 Å². The quantitative estimate of drug-likeness (QED) is 0.729. The number of hydrogen-bond acceptors (Lipinski definition) is 3. The molecule has 0 spiro atoms. The highest BCUT2D eigenvalue weighted by Gasteiger charge is 2.38. The molecule has 2 atom stereocenters. The fraction of sp³-hybridized carbons (Fsp3) is 0.800. The van der Waals surface area contributed by atoms with Crippen LogP contribution in [0.1, 0.15) is 39.5 Å². The predicted molar refractivity (Wildman–Crippen MR) is 76.4 cm³/mol. The molecule has 2 N–H and O–H groups in total. The highest BCUT2D eigenvalue weighted by atomic mass is 16.4. The Balaban J connectivity index is 1.87. The average molecular weight is 296 g/mol. The van der Waals surface area contributed by atoms with Crippen LogP contribution in [-0.4, -0.2) is 46.9 Å². The van der Waals surface area contributed by atoms with Gasteiger partial charge in [0.1, 0.15) is 6.04 Å². The van der Waals surface area contributed by atoms with Gasteiger partial charge in [-0.25, -0.2) is 4.79 Å². The molecule has 2 unspecified atom stereocenters. The molecular weight excluding hydrogens is 272 g/mol. The van der Waals surface area contributed by atoms with Crippen molar-refractivity contribution in [2.75, 3.05) is 13.1 Å². The maximum Gasteiger partial charge on any atom is 0.326 e. The molecule has 0 radical (unpaired) electrons. The van der Waals surface area contributed by atoms with Crippen molar-refractivity contribution < 1.29 is 19.5 Å². The lowest BCUT2D eigenvalue weighted by molar-refractivity contribution is -0.142. The summed E-state index contributed by atoms with van der Waals surface area (Å²) >= 11 is 0. The first-order chi connectivity index (χ1) is 9.86. The lowest BCUT2D eigenvalue weighted by atomic mass is 10.0. The molecule has 1 aliphatic heterocycles. The van der Waals surface area contributed by atoms with E-state index in [2.05, 4.69) is 5.32 Å². The number of nitrogens with zero attached hydrogens (tertiary/aromatic N) is 1. The van der Waals surface area contributed by atoms with Gasteiger partial charge in [0.05, 0.1) is 5.92 Å². The zero-order valence-corrected chi connectivity index (χ0v) is 12.7. The largest absolute Gasteiger partial charge is 0.480 e. The molecule has 1 saturated heterocycles. The van der Waals surface area contributed by atoms with E-state index in [1.54, 1.807) is 4.90 Å². The number of hydrogen-bond donors (Lipinski definition) is 2. The Bertz CT molecular complexity index is 431. The van der Waals surface area contributed by atoms with Gasteiger partial charge in [-0.15, -0.1) is 0 Å². The van der Waals surface area contributed by atoms with E-state index in [-0.39, 0.29) is 24.2 Å². The molecule has 2 rings (SSSR count). The molecule has 118 valence electrons. The van der Waals surface area contributed by atoms with Gasteiger partial charge >= 0.3 is 5.97 Å². The van der Waals surface area contributed by atoms with Crippen LogP contribution in [0.3, 0.4) is 0 Å². The van der Waals surface area contributed by atoms with Gasteiger partial charge in [0, 0.05) is 19.5 Å². The second-order valence-corrected chi connectivity index (χ2v) is 6.67. The van der Waals surface area contributed by atoms with Crippen LogP contribution in [0.5, 0.6) is 0 Å². The molecule has 0 aromatic heterocycles. The molecule has 1 heterocycles. The van der Waals surface area contributed by atoms with Crippen molar-refractivity contribution in [2.45, 2.75) is 45.6 Å². The molecule has 21 heavy (non-hydrogen) atoms. The summed E-state index contributed by atoms with van der Waals surface area (Å²) in [5.41, 5.74) is 0. The molecular formula is C15H24N2O4. The molecule has 6 nitrogen and oxygen atoms in total. The number of carbonyl (C=O) groups is 3. The zero-order chi connectivity index (χ0) is 15.6. The summed E-state index contributed by atoms with van der Waals surface area (Å²) in [5.74, 6) is -0.944. The van der Waals surface area contributed by atoms with Crippen molar-refractivity contribution in [1.29, 1.82) is 0 Å². The van der Waals surface area contributed by atoms with Gasteiger partial charge in [-0.1, -0.05) is 13.8 Å². The number of nitrogens with one attached hydrogen (secondary N) is 1. The van der Waals surface area contributed by atoms with Crippen molar-refractivity contribution in [2.24, 2.45) is 17.8 Å². The van der Waals surface area contributed by atoms with E-state index in [1.807, 2.05) is 13.8 Å². The summed E-state index contributed by atoms with van der Waals surface area (Å²) in [7, 11) is 0. The van der Waals surface area contributed by atoms with Gasteiger partial charge in [-0.05, 0) is 31.1 Å². The second kappa shape index (κ2) is 6.45. The topological polar surface area (TPSA) is 86.7 Å². The van der Waals surface area contributed by atoms with Crippen LogP contribution in [0, 0.1) is 17.8 Å². The van der Waals surface area contributed by atoms with Crippen LogP contribution in [0.15, 0.2) is 0 Å². The molecule has 1 aliphatic carbocycles. The normalized spacial score (nSPS) is 23.5. The van der Waals surface area contributed by atoms with E-state index in [9.17, 15) is 14.4 Å². The first kappa shape index (κ1) is 15.8. The number of likely N-dealkylation sites (tertiary alicyclic amines) is 1. The van der Waals surface area contributed by atoms with Crippen LogP contribution in [0.2, 0.25) is 0 Å². The Kier molecular flexibility index (Phi) is 4.85. The first-order valence-electron chi connectivity index (χ1n) is 7.67. The number of carbonyl (C=O) groups excluding carboxylic acids is 2. The Morgan fingerprint density at radius 2 is 2.05 bits per heavy atom. The molecule has 2 aliphatic rings. The molecule has 2 fully saturated rings. The molecule has 2 amide bonds. The van der Waals surface area contributed by atoms with Crippen molar-refractivity contribution >= 4 is 17.8 Å². The average Bonchev–Trinajstić information content (AvgIpc) is 3.11. The minimum Gasteiger partial charge on any atom is -0.480 e. The first-order valence-corrected chi connectivity index (χ1v) is 7.67. The number of carboxylic acids is 1. The van der Waals surface area contributed by atoms with Crippen molar-refractivity contribution in [3.8, 4) is 0 Å². The zero-order valence-electron chi connectivity index (χ0n) is 12.7. The highest BCUT2D eigenvalue weighted by molar-refractivity contribution is 5.91. The summed E-state index contributed by atoms with van der Waals surface area (Å²) in [6, 6.07) is -0.870. The van der Waals surface area contributed by atoms with E-state index >= 15 is 0 Å².